The molecule has 0 bridgehead atoms. The number of rotatable bonds is 3. The van der Waals surface area contributed by atoms with Crippen LogP contribution in [0.15, 0.2) is 12.1 Å². The highest BCUT2D eigenvalue weighted by molar-refractivity contribution is 6.32. The van der Waals surface area contributed by atoms with Crippen LogP contribution < -0.4 is 4.74 Å². The predicted molar refractivity (Wildman–Crippen MR) is 51.9 cm³/mol. The Morgan fingerprint density at radius 2 is 2.15 bits per heavy atom. The van der Waals surface area contributed by atoms with Gasteiger partial charge in [0, 0.05) is 6.07 Å². The Kier molecular flexibility index (Phi) is 3.55. The average molecular weight is 203 g/mol. The smallest absolute Gasteiger partial charge is 0.140 e. The lowest BCUT2D eigenvalue weighted by molar-refractivity contribution is 0.316. The van der Waals surface area contributed by atoms with Crippen molar-refractivity contribution in [2.45, 2.75) is 20.3 Å². The highest BCUT2D eigenvalue weighted by atomic mass is 35.5. The van der Waals surface area contributed by atoms with Gasteiger partial charge in [-0.25, -0.2) is 4.39 Å². The molecule has 0 heterocycles. The van der Waals surface area contributed by atoms with Gasteiger partial charge < -0.3 is 4.74 Å². The van der Waals surface area contributed by atoms with Crippen LogP contribution in [-0.2, 0) is 0 Å². The molecule has 0 aromatic heterocycles. The second kappa shape index (κ2) is 4.47. The van der Waals surface area contributed by atoms with Crippen LogP contribution in [0.4, 0.5) is 4.39 Å². The largest absolute Gasteiger partial charge is 0.492 e. The maximum atomic E-state index is 13.0. The van der Waals surface area contributed by atoms with Crippen LogP contribution in [0.3, 0.4) is 0 Å². The fraction of sp³-hybridized carbons (Fsp3) is 0.400. The lowest BCUT2D eigenvalue weighted by Gasteiger charge is -2.07. The van der Waals surface area contributed by atoms with Gasteiger partial charge in [-0.05, 0) is 25.0 Å². The first kappa shape index (κ1) is 10.3. The third-order valence-corrected chi connectivity index (χ3v) is 1.97. The molecule has 0 atom stereocenters. The van der Waals surface area contributed by atoms with Gasteiger partial charge in [-0.15, -0.1) is 0 Å². The topological polar surface area (TPSA) is 9.23 Å². The number of benzene rings is 1. The van der Waals surface area contributed by atoms with Crippen LogP contribution in [0.25, 0.3) is 0 Å². The Morgan fingerprint density at radius 1 is 1.46 bits per heavy atom. The summed E-state index contributed by atoms with van der Waals surface area (Å²) in [5.74, 6) is 0.141. The molecule has 0 aliphatic heterocycles. The molecule has 1 aromatic carbocycles. The zero-order valence-corrected chi connectivity index (χ0v) is 8.49. The van der Waals surface area contributed by atoms with Gasteiger partial charge in [0.1, 0.15) is 11.6 Å². The molecular formula is C10H12ClFO. The van der Waals surface area contributed by atoms with Crippen molar-refractivity contribution in [3.63, 3.8) is 0 Å². The van der Waals surface area contributed by atoms with E-state index in [1.54, 1.807) is 13.0 Å². The molecule has 0 radical (unpaired) electrons. The van der Waals surface area contributed by atoms with Crippen molar-refractivity contribution >= 4 is 11.6 Å². The van der Waals surface area contributed by atoms with Crippen molar-refractivity contribution in [3.8, 4) is 5.75 Å². The maximum Gasteiger partial charge on any atom is 0.140 e. The maximum absolute atomic E-state index is 13.0. The molecule has 1 rings (SSSR count). The summed E-state index contributed by atoms with van der Waals surface area (Å²) in [6, 6.07) is 2.90. The van der Waals surface area contributed by atoms with Gasteiger partial charge in [-0.1, -0.05) is 18.5 Å². The monoisotopic (exact) mass is 202 g/mol. The molecule has 1 aromatic rings. The summed E-state index contributed by atoms with van der Waals surface area (Å²) in [5, 5.41) is 0.465. The minimum absolute atomic E-state index is 0.282. The molecular weight excluding hydrogens is 191 g/mol. The van der Waals surface area contributed by atoms with E-state index in [0.29, 0.717) is 22.9 Å². The van der Waals surface area contributed by atoms with E-state index in [1.165, 1.54) is 6.07 Å². The van der Waals surface area contributed by atoms with E-state index in [0.717, 1.165) is 6.42 Å². The standard InChI is InChI=1S/C10H12ClFO/c1-3-4-13-10-6-9(12)7(2)5-8(10)11/h5-6H,3-4H2,1-2H3. The summed E-state index contributed by atoms with van der Waals surface area (Å²) < 4.78 is 18.3. The van der Waals surface area contributed by atoms with Crippen LogP contribution in [0.1, 0.15) is 18.9 Å². The fourth-order valence-electron chi connectivity index (χ4n) is 0.951. The zero-order chi connectivity index (χ0) is 9.84. The van der Waals surface area contributed by atoms with Crippen LogP contribution in [0, 0.1) is 12.7 Å². The summed E-state index contributed by atoms with van der Waals surface area (Å²) in [7, 11) is 0. The molecule has 0 N–H and O–H groups in total. The van der Waals surface area contributed by atoms with Gasteiger partial charge in [0.2, 0.25) is 0 Å². The van der Waals surface area contributed by atoms with Crippen molar-refractivity contribution < 1.29 is 9.13 Å². The quantitative estimate of drug-likeness (QED) is 0.728. The molecule has 0 saturated carbocycles. The summed E-state index contributed by atoms with van der Waals surface area (Å²) in [5.41, 5.74) is 0.536. The second-order valence-electron chi connectivity index (χ2n) is 2.88. The third kappa shape index (κ3) is 2.59. The summed E-state index contributed by atoms with van der Waals surface area (Å²) in [4.78, 5) is 0. The number of aryl methyl sites for hydroxylation is 1. The fourth-order valence-corrected chi connectivity index (χ4v) is 1.22. The Bertz CT molecular complexity index is 299. The van der Waals surface area contributed by atoms with Gasteiger partial charge in [-0.2, -0.15) is 0 Å². The first-order valence-electron chi connectivity index (χ1n) is 4.23. The van der Waals surface area contributed by atoms with Crippen LogP contribution in [0.2, 0.25) is 5.02 Å². The summed E-state index contributed by atoms with van der Waals surface area (Å²) >= 11 is 5.85. The van der Waals surface area contributed by atoms with Crippen LogP contribution in [0.5, 0.6) is 5.75 Å². The molecule has 0 unspecified atom stereocenters. The van der Waals surface area contributed by atoms with Crippen LogP contribution in [-0.4, -0.2) is 6.61 Å². The first-order chi connectivity index (χ1) is 6.15. The minimum Gasteiger partial charge on any atom is -0.492 e. The molecule has 1 nitrogen and oxygen atoms in total. The molecule has 13 heavy (non-hydrogen) atoms. The number of hydrogen-bond acceptors (Lipinski definition) is 1. The molecule has 0 amide bonds. The molecule has 3 heteroatoms. The van der Waals surface area contributed by atoms with Gasteiger partial charge >= 0.3 is 0 Å². The molecule has 0 spiro atoms. The van der Waals surface area contributed by atoms with Crippen LogP contribution >= 0.6 is 11.6 Å². The SMILES string of the molecule is CCCOc1cc(F)c(C)cc1Cl. The minimum atomic E-state index is -0.282. The third-order valence-electron chi connectivity index (χ3n) is 1.67. The van der Waals surface area contributed by atoms with Crippen molar-refractivity contribution in [3.05, 3.63) is 28.5 Å². The van der Waals surface area contributed by atoms with Crippen molar-refractivity contribution in [1.29, 1.82) is 0 Å². The lowest BCUT2D eigenvalue weighted by atomic mass is 10.2. The first-order valence-corrected chi connectivity index (χ1v) is 4.61. The Labute approximate surface area is 82.5 Å². The highest BCUT2D eigenvalue weighted by Gasteiger charge is 2.05. The molecule has 0 fully saturated rings. The lowest BCUT2D eigenvalue weighted by Crippen LogP contribution is -1.97. The number of hydrogen-bond donors (Lipinski definition) is 0. The van der Waals surface area contributed by atoms with E-state index in [1.807, 2.05) is 6.92 Å². The van der Waals surface area contributed by atoms with Gasteiger partial charge in [-0.3, -0.25) is 0 Å². The zero-order valence-electron chi connectivity index (χ0n) is 7.73. The number of ether oxygens (including phenoxy) is 1. The van der Waals surface area contributed by atoms with Gasteiger partial charge in [0.05, 0.1) is 11.6 Å². The van der Waals surface area contributed by atoms with Gasteiger partial charge in [0.25, 0.3) is 0 Å². The molecule has 0 aliphatic carbocycles. The number of halogens is 2. The molecule has 72 valence electrons. The normalized spacial score (nSPS) is 10.2. The van der Waals surface area contributed by atoms with Crippen molar-refractivity contribution in [2.75, 3.05) is 6.61 Å². The Morgan fingerprint density at radius 3 is 2.77 bits per heavy atom. The summed E-state index contributed by atoms with van der Waals surface area (Å²) in [6.45, 7) is 4.21. The van der Waals surface area contributed by atoms with Gasteiger partial charge in [0.15, 0.2) is 0 Å². The molecule has 0 saturated heterocycles. The van der Waals surface area contributed by atoms with E-state index in [4.69, 9.17) is 16.3 Å². The van der Waals surface area contributed by atoms with E-state index in [-0.39, 0.29) is 5.82 Å². The van der Waals surface area contributed by atoms with E-state index in [2.05, 4.69) is 0 Å². The highest BCUT2D eigenvalue weighted by Crippen LogP contribution is 2.27. The van der Waals surface area contributed by atoms with Crippen molar-refractivity contribution in [2.24, 2.45) is 0 Å². The van der Waals surface area contributed by atoms with E-state index >= 15 is 0 Å². The van der Waals surface area contributed by atoms with E-state index < -0.39 is 0 Å². The van der Waals surface area contributed by atoms with E-state index in [9.17, 15) is 4.39 Å². The molecule has 0 aliphatic rings. The average Bonchev–Trinajstić information content (AvgIpc) is 2.09. The Hall–Kier alpha value is -0.760. The second-order valence-corrected chi connectivity index (χ2v) is 3.29. The van der Waals surface area contributed by atoms with Crippen molar-refractivity contribution in [1.82, 2.24) is 0 Å². The summed E-state index contributed by atoms with van der Waals surface area (Å²) in [6.07, 6.45) is 0.881. The Balaban J connectivity index is 2.88. The predicted octanol–water partition coefficient (Wildman–Crippen LogP) is 3.58.